The number of benzene rings is 1. The molecule has 0 aliphatic carbocycles. The topological polar surface area (TPSA) is 44.4 Å². The van der Waals surface area contributed by atoms with Crippen LogP contribution in [0.5, 0.6) is 0 Å². The second-order valence-electron chi connectivity index (χ2n) is 4.38. The SMILES string of the molecule is CCN(C)C(=O)NCc1ccc2c(c1)CNC2. The predicted molar refractivity (Wildman–Crippen MR) is 67.5 cm³/mol. The number of nitrogens with one attached hydrogen (secondary N) is 2. The van der Waals surface area contributed by atoms with Crippen LogP contribution in [0.2, 0.25) is 0 Å². The Kier molecular flexibility index (Phi) is 3.64. The van der Waals surface area contributed by atoms with Crippen LogP contribution in [0.4, 0.5) is 4.79 Å². The van der Waals surface area contributed by atoms with Crippen molar-refractivity contribution in [3.63, 3.8) is 0 Å². The molecule has 0 saturated carbocycles. The summed E-state index contributed by atoms with van der Waals surface area (Å²) in [6, 6.07) is 6.37. The highest BCUT2D eigenvalue weighted by atomic mass is 16.2. The Labute approximate surface area is 102 Å². The van der Waals surface area contributed by atoms with E-state index in [1.165, 1.54) is 11.1 Å². The molecule has 0 unspecified atom stereocenters. The summed E-state index contributed by atoms with van der Waals surface area (Å²) >= 11 is 0. The number of rotatable bonds is 3. The monoisotopic (exact) mass is 233 g/mol. The maximum absolute atomic E-state index is 11.6. The van der Waals surface area contributed by atoms with Crippen molar-refractivity contribution in [2.24, 2.45) is 0 Å². The van der Waals surface area contributed by atoms with Gasteiger partial charge in [0.25, 0.3) is 0 Å². The summed E-state index contributed by atoms with van der Waals surface area (Å²) in [6.07, 6.45) is 0. The minimum atomic E-state index is -0.0221. The molecular formula is C13H19N3O. The molecule has 4 heteroatoms. The molecule has 0 radical (unpaired) electrons. The molecule has 0 aromatic heterocycles. The third-order valence-corrected chi connectivity index (χ3v) is 3.17. The lowest BCUT2D eigenvalue weighted by Crippen LogP contribution is -2.36. The first-order valence-electron chi connectivity index (χ1n) is 6.01. The number of urea groups is 1. The Bertz CT molecular complexity index is 417. The number of hydrogen-bond donors (Lipinski definition) is 2. The molecule has 0 saturated heterocycles. The highest BCUT2D eigenvalue weighted by molar-refractivity contribution is 5.73. The molecule has 0 atom stereocenters. The maximum atomic E-state index is 11.6. The molecular weight excluding hydrogens is 214 g/mol. The van der Waals surface area contributed by atoms with Crippen LogP contribution in [0.1, 0.15) is 23.6 Å². The molecule has 1 aromatic carbocycles. The second kappa shape index (κ2) is 5.19. The van der Waals surface area contributed by atoms with Gasteiger partial charge in [-0.2, -0.15) is 0 Å². The van der Waals surface area contributed by atoms with Crippen LogP contribution in [-0.4, -0.2) is 24.5 Å². The summed E-state index contributed by atoms with van der Waals surface area (Å²) in [5, 5.41) is 6.22. The number of amides is 2. The number of hydrogen-bond acceptors (Lipinski definition) is 2. The lowest BCUT2D eigenvalue weighted by atomic mass is 10.1. The van der Waals surface area contributed by atoms with Crippen LogP contribution in [0.15, 0.2) is 18.2 Å². The van der Waals surface area contributed by atoms with Crippen molar-refractivity contribution in [3.8, 4) is 0 Å². The Morgan fingerprint density at radius 2 is 2.18 bits per heavy atom. The highest BCUT2D eigenvalue weighted by Gasteiger charge is 2.10. The average Bonchev–Trinajstić information content (AvgIpc) is 2.82. The molecule has 1 aliphatic heterocycles. The van der Waals surface area contributed by atoms with Crippen molar-refractivity contribution < 1.29 is 4.79 Å². The minimum Gasteiger partial charge on any atom is -0.334 e. The van der Waals surface area contributed by atoms with Crippen LogP contribution in [0.3, 0.4) is 0 Å². The molecule has 0 bridgehead atoms. The van der Waals surface area contributed by atoms with Gasteiger partial charge in [0.15, 0.2) is 0 Å². The molecule has 0 fully saturated rings. The predicted octanol–water partition coefficient (Wildman–Crippen LogP) is 1.45. The molecule has 2 amide bonds. The van der Waals surface area contributed by atoms with Crippen molar-refractivity contribution in [2.75, 3.05) is 13.6 Å². The molecule has 17 heavy (non-hydrogen) atoms. The Balaban J connectivity index is 1.93. The first-order valence-corrected chi connectivity index (χ1v) is 6.01. The first-order chi connectivity index (χ1) is 8.20. The van der Waals surface area contributed by atoms with Crippen LogP contribution in [-0.2, 0) is 19.6 Å². The number of carbonyl (C=O) groups is 1. The van der Waals surface area contributed by atoms with E-state index in [0.717, 1.165) is 25.2 Å². The summed E-state index contributed by atoms with van der Waals surface area (Å²) in [6.45, 7) is 5.17. The lowest BCUT2D eigenvalue weighted by molar-refractivity contribution is 0.210. The number of fused-ring (bicyclic) bond motifs is 1. The van der Waals surface area contributed by atoms with E-state index in [9.17, 15) is 4.79 Å². The summed E-state index contributed by atoms with van der Waals surface area (Å²) in [5.41, 5.74) is 3.87. The Morgan fingerprint density at radius 1 is 1.41 bits per heavy atom. The quantitative estimate of drug-likeness (QED) is 0.830. The standard InChI is InChI=1S/C13H19N3O/c1-3-16(2)13(17)15-7-10-4-5-11-8-14-9-12(11)6-10/h4-6,14H,3,7-9H2,1-2H3,(H,15,17). The second-order valence-corrected chi connectivity index (χ2v) is 4.38. The molecule has 1 aliphatic rings. The highest BCUT2D eigenvalue weighted by Crippen LogP contribution is 2.16. The van der Waals surface area contributed by atoms with E-state index in [1.807, 2.05) is 6.92 Å². The van der Waals surface area contributed by atoms with E-state index in [-0.39, 0.29) is 6.03 Å². The van der Waals surface area contributed by atoms with Gasteiger partial charge in [0, 0.05) is 33.2 Å². The van der Waals surface area contributed by atoms with Gasteiger partial charge in [-0.3, -0.25) is 0 Å². The van der Waals surface area contributed by atoms with Crippen molar-refractivity contribution >= 4 is 6.03 Å². The van der Waals surface area contributed by atoms with E-state index >= 15 is 0 Å². The molecule has 2 N–H and O–H groups in total. The zero-order valence-electron chi connectivity index (χ0n) is 10.4. The van der Waals surface area contributed by atoms with Crippen molar-refractivity contribution in [3.05, 3.63) is 34.9 Å². The van der Waals surface area contributed by atoms with Gasteiger partial charge in [-0.1, -0.05) is 18.2 Å². The zero-order valence-corrected chi connectivity index (χ0v) is 10.4. The fourth-order valence-corrected chi connectivity index (χ4v) is 1.91. The van der Waals surface area contributed by atoms with Gasteiger partial charge in [-0.25, -0.2) is 4.79 Å². The summed E-state index contributed by atoms with van der Waals surface area (Å²) in [7, 11) is 1.79. The van der Waals surface area contributed by atoms with Gasteiger partial charge in [0.2, 0.25) is 0 Å². The van der Waals surface area contributed by atoms with Gasteiger partial charge >= 0.3 is 6.03 Å². The molecule has 92 valence electrons. The Morgan fingerprint density at radius 3 is 2.94 bits per heavy atom. The van der Waals surface area contributed by atoms with Crippen molar-refractivity contribution in [2.45, 2.75) is 26.6 Å². The average molecular weight is 233 g/mol. The van der Waals surface area contributed by atoms with E-state index in [4.69, 9.17) is 0 Å². The molecule has 2 rings (SSSR count). The molecule has 4 nitrogen and oxygen atoms in total. The normalized spacial score (nSPS) is 13.3. The van der Waals surface area contributed by atoms with Crippen LogP contribution >= 0.6 is 0 Å². The van der Waals surface area contributed by atoms with Gasteiger partial charge in [-0.15, -0.1) is 0 Å². The van der Waals surface area contributed by atoms with Gasteiger partial charge in [0.05, 0.1) is 0 Å². The van der Waals surface area contributed by atoms with E-state index in [2.05, 4.69) is 28.8 Å². The van der Waals surface area contributed by atoms with Crippen LogP contribution < -0.4 is 10.6 Å². The Hall–Kier alpha value is -1.55. The fraction of sp³-hybridized carbons (Fsp3) is 0.462. The molecule has 0 spiro atoms. The van der Waals surface area contributed by atoms with Gasteiger partial charge in [0.1, 0.15) is 0 Å². The van der Waals surface area contributed by atoms with E-state index < -0.39 is 0 Å². The third kappa shape index (κ3) is 2.77. The maximum Gasteiger partial charge on any atom is 0.317 e. The number of nitrogens with zero attached hydrogens (tertiary/aromatic N) is 1. The largest absolute Gasteiger partial charge is 0.334 e. The van der Waals surface area contributed by atoms with Crippen molar-refractivity contribution in [1.82, 2.24) is 15.5 Å². The summed E-state index contributed by atoms with van der Waals surface area (Å²) < 4.78 is 0. The first kappa shape index (κ1) is 11.9. The fourth-order valence-electron chi connectivity index (χ4n) is 1.91. The molecule has 1 aromatic rings. The van der Waals surface area contributed by atoms with E-state index in [1.54, 1.807) is 11.9 Å². The smallest absolute Gasteiger partial charge is 0.317 e. The summed E-state index contributed by atoms with van der Waals surface area (Å²) in [4.78, 5) is 13.2. The van der Waals surface area contributed by atoms with E-state index in [0.29, 0.717) is 6.54 Å². The zero-order chi connectivity index (χ0) is 12.3. The van der Waals surface area contributed by atoms with Gasteiger partial charge < -0.3 is 15.5 Å². The van der Waals surface area contributed by atoms with Crippen LogP contribution in [0.25, 0.3) is 0 Å². The lowest BCUT2D eigenvalue weighted by Gasteiger charge is -2.15. The van der Waals surface area contributed by atoms with Crippen LogP contribution in [0, 0.1) is 0 Å². The summed E-state index contributed by atoms with van der Waals surface area (Å²) in [5.74, 6) is 0. The third-order valence-electron chi connectivity index (χ3n) is 3.17. The van der Waals surface area contributed by atoms with Gasteiger partial charge in [-0.05, 0) is 23.6 Å². The van der Waals surface area contributed by atoms with Crippen molar-refractivity contribution in [1.29, 1.82) is 0 Å². The molecule has 1 heterocycles. The number of carbonyl (C=O) groups excluding carboxylic acids is 1. The minimum absolute atomic E-state index is 0.0221.